The molecule has 0 atom stereocenters. The van der Waals surface area contributed by atoms with Crippen LogP contribution in [0.2, 0.25) is 5.02 Å². The largest absolute Gasteiger partial charge is 0.356 e. The molecule has 5 nitrogen and oxygen atoms in total. The van der Waals surface area contributed by atoms with Gasteiger partial charge in [0, 0.05) is 24.7 Å². The Morgan fingerprint density at radius 1 is 0.800 bits per heavy atom. The van der Waals surface area contributed by atoms with Crippen LogP contribution in [0, 0.1) is 11.8 Å². The first kappa shape index (κ1) is 22.2. The summed E-state index contributed by atoms with van der Waals surface area (Å²) in [5, 5.41) is 9.56. The fourth-order valence-corrected chi connectivity index (χ4v) is 4.06. The lowest BCUT2D eigenvalue weighted by molar-refractivity contribution is -0.120. The van der Waals surface area contributed by atoms with Crippen molar-refractivity contribution in [2.45, 2.75) is 38.6 Å². The van der Waals surface area contributed by atoms with Crippen LogP contribution in [0.3, 0.4) is 0 Å². The van der Waals surface area contributed by atoms with Gasteiger partial charge in [-0.1, -0.05) is 60.1 Å². The Bertz CT molecular complexity index is 820. The number of carbonyl (C=O) groups is 2. The van der Waals surface area contributed by atoms with Crippen molar-refractivity contribution < 1.29 is 9.59 Å². The van der Waals surface area contributed by atoms with Crippen LogP contribution in [0.15, 0.2) is 54.6 Å². The summed E-state index contributed by atoms with van der Waals surface area (Å²) in [5.74, 6) is 1.10. The maximum absolute atomic E-state index is 12.1. The molecule has 3 rings (SSSR count). The van der Waals surface area contributed by atoms with Crippen molar-refractivity contribution in [3.63, 3.8) is 0 Å². The van der Waals surface area contributed by atoms with Crippen molar-refractivity contribution in [2.75, 3.05) is 13.1 Å². The lowest BCUT2D eigenvalue weighted by Gasteiger charge is -2.28. The Morgan fingerprint density at radius 2 is 1.40 bits per heavy atom. The number of amides is 3. The van der Waals surface area contributed by atoms with Crippen molar-refractivity contribution in [1.29, 1.82) is 0 Å². The van der Waals surface area contributed by atoms with Gasteiger partial charge in [-0.25, -0.2) is 4.79 Å². The normalized spacial score (nSPS) is 18.4. The van der Waals surface area contributed by atoms with E-state index in [1.54, 1.807) is 0 Å². The molecule has 0 spiro atoms. The molecule has 1 aliphatic carbocycles. The Balaban J connectivity index is 1.27. The molecule has 0 bridgehead atoms. The van der Waals surface area contributed by atoms with Crippen LogP contribution in [0.1, 0.15) is 36.8 Å². The van der Waals surface area contributed by atoms with E-state index in [1.165, 1.54) is 0 Å². The van der Waals surface area contributed by atoms with Crippen LogP contribution in [0.5, 0.6) is 0 Å². The van der Waals surface area contributed by atoms with E-state index < -0.39 is 0 Å². The predicted molar refractivity (Wildman–Crippen MR) is 120 cm³/mol. The molecule has 1 saturated carbocycles. The summed E-state index contributed by atoms with van der Waals surface area (Å²) in [4.78, 5) is 24.2. The first-order chi connectivity index (χ1) is 14.6. The highest BCUT2D eigenvalue weighted by molar-refractivity contribution is 6.31. The number of benzene rings is 2. The summed E-state index contributed by atoms with van der Waals surface area (Å²) in [6.45, 7) is 1.84. The van der Waals surface area contributed by atoms with Crippen molar-refractivity contribution in [2.24, 2.45) is 11.8 Å². The topological polar surface area (TPSA) is 70.2 Å². The third kappa shape index (κ3) is 7.38. The number of halogens is 1. The zero-order chi connectivity index (χ0) is 21.2. The van der Waals surface area contributed by atoms with E-state index in [0.717, 1.165) is 43.4 Å². The van der Waals surface area contributed by atoms with Gasteiger partial charge in [-0.2, -0.15) is 0 Å². The van der Waals surface area contributed by atoms with E-state index in [2.05, 4.69) is 16.0 Å². The first-order valence-corrected chi connectivity index (χ1v) is 11.0. The maximum Gasteiger partial charge on any atom is 0.315 e. The number of carbonyl (C=O) groups excluding carboxylic acids is 2. The number of nitrogens with one attached hydrogen (secondary N) is 3. The molecule has 1 aliphatic rings. The summed E-state index contributed by atoms with van der Waals surface area (Å²) in [5.41, 5.74) is 1.95. The summed E-state index contributed by atoms with van der Waals surface area (Å²) < 4.78 is 0. The smallest absolute Gasteiger partial charge is 0.315 e. The molecule has 30 heavy (non-hydrogen) atoms. The van der Waals surface area contributed by atoms with E-state index in [9.17, 15) is 9.59 Å². The summed E-state index contributed by atoms with van der Waals surface area (Å²) in [6, 6.07) is 17.2. The highest BCUT2D eigenvalue weighted by atomic mass is 35.5. The summed E-state index contributed by atoms with van der Waals surface area (Å²) >= 11 is 6.11. The maximum atomic E-state index is 12.1. The second kappa shape index (κ2) is 11.6. The van der Waals surface area contributed by atoms with Gasteiger partial charge in [0.15, 0.2) is 0 Å². The molecule has 3 N–H and O–H groups in total. The molecule has 0 aliphatic heterocycles. The molecule has 0 heterocycles. The van der Waals surface area contributed by atoms with Gasteiger partial charge < -0.3 is 16.0 Å². The zero-order valence-corrected chi connectivity index (χ0v) is 18.0. The lowest BCUT2D eigenvalue weighted by Crippen LogP contribution is -2.39. The molecule has 6 heteroatoms. The van der Waals surface area contributed by atoms with Crippen LogP contribution < -0.4 is 16.0 Å². The fraction of sp³-hybridized carbons (Fsp3) is 0.417. The minimum absolute atomic E-state index is 0.0835. The van der Waals surface area contributed by atoms with Crippen molar-refractivity contribution in [3.8, 4) is 0 Å². The van der Waals surface area contributed by atoms with Gasteiger partial charge in [0.1, 0.15) is 0 Å². The summed E-state index contributed by atoms with van der Waals surface area (Å²) in [7, 11) is 0. The lowest BCUT2D eigenvalue weighted by atomic mass is 9.82. The van der Waals surface area contributed by atoms with Gasteiger partial charge in [0.05, 0.1) is 6.42 Å². The van der Waals surface area contributed by atoms with E-state index in [1.807, 2.05) is 54.6 Å². The number of urea groups is 1. The average molecular weight is 428 g/mol. The van der Waals surface area contributed by atoms with Gasteiger partial charge in [-0.05, 0) is 54.7 Å². The molecule has 0 unspecified atom stereocenters. The second-order valence-electron chi connectivity index (χ2n) is 8.01. The van der Waals surface area contributed by atoms with E-state index >= 15 is 0 Å². The number of rotatable bonds is 8. The Kier molecular flexibility index (Phi) is 8.57. The van der Waals surface area contributed by atoms with Crippen LogP contribution >= 0.6 is 11.6 Å². The molecule has 0 saturated heterocycles. The average Bonchev–Trinajstić information content (AvgIpc) is 2.77. The van der Waals surface area contributed by atoms with Crippen molar-refractivity contribution in [1.82, 2.24) is 16.0 Å². The minimum Gasteiger partial charge on any atom is -0.356 e. The van der Waals surface area contributed by atoms with E-state index in [0.29, 0.717) is 36.4 Å². The van der Waals surface area contributed by atoms with Gasteiger partial charge >= 0.3 is 6.03 Å². The van der Waals surface area contributed by atoms with Gasteiger partial charge in [0.25, 0.3) is 0 Å². The SMILES string of the molecule is O=C(Cc1ccccc1)NCC1CCC(CNC(=O)NCc2ccccc2Cl)CC1. The molecule has 0 radical (unpaired) electrons. The van der Waals surface area contributed by atoms with Crippen molar-refractivity contribution >= 4 is 23.5 Å². The molecule has 160 valence electrons. The predicted octanol–water partition coefficient (Wildman–Crippen LogP) is 4.30. The molecular weight excluding hydrogens is 398 g/mol. The number of hydrogen-bond acceptors (Lipinski definition) is 2. The third-order valence-corrected chi connectivity index (χ3v) is 6.08. The standard InChI is InChI=1S/C24H30ClN3O2/c25-22-9-5-4-8-21(22)17-28-24(30)27-16-20-12-10-19(11-13-20)15-26-23(29)14-18-6-2-1-3-7-18/h1-9,19-20H,10-17H2,(H,26,29)(H2,27,28,30). The van der Waals surface area contributed by atoms with Gasteiger partial charge in [-0.15, -0.1) is 0 Å². The molecule has 0 aromatic heterocycles. The molecule has 2 aromatic carbocycles. The van der Waals surface area contributed by atoms with E-state index in [4.69, 9.17) is 11.6 Å². The van der Waals surface area contributed by atoms with Crippen molar-refractivity contribution in [3.05, 3.63) is 70.7 Å². The van der Waals surface area contributed by atoms with Crippen LogP contribution in [-0.2, 0) is 17.8 Å². The van der Waals surface area contributed by atoms with Crippen LogP contribution in [0.25, 0.3) is 0 Å². The summed E-state index contributed by atoms with van der Waals surface area (Å²) in [6.07, 6.45) is 4.75. The quantitative estimate of drug-likeness (QED) is 0.587. The monoisotopic (exact) mass is 427 g/mol. The van der Waals surface area contributed by atoms with Crippen LogP contribution in [-0.4, -0.2) is 25.0 Å². The second-order valence-corrected chi connectivity index (χ2v) is 8.42. The molecule has 1 fully saturated rings. The number of hydrogen-bond donors (Lipinski definition) is 3. The fourth-order valence-electron chi connectivity index (χ4n) is 3.86. The highest BCUT2D eigenvalue weighted by Gasteiger charge is 2.22. The molecule has 2 aromatic rings. The molecular formula is C24H30ClN3O2. The van der Waals surface area contributed by atoms with Gasteiger partial charge in [-0.3, -0.25) is 4.79 Å². The molecule has 3 amide bonds. The third-order valence-electron chi connectivity index (χ3n) is 5.71. The van der Waals surface area contributed by atoms with Gasteiger partial charge in [0.2, 0.25) is 5.91 Å². The van der Waals surface area contributed by atoms with E-state index in [-0.39, 0.29) is 11.9 Å². The highest BCUT2D eigenvalue weighted by Crippen LogP contribution is 2.28. The van der Waals surface area contributed by atoms with Crippen LogP contribution in [0.4, 0.5) is 4.79 Å². The Labute approximate surface area is 183 Å². The zero-order valence-electron chi connectivity index (χ0n) is 17.2. The first-order valence-electron chi connectivity index (χ1n) is 10.7. The Morgan fingerprint density at radius 3 is 2.07 bits per heavy atom. The Hall–Kier alpha value is -2.53. The minimum atomic E-state index is -0.162.